The maximum Gasteiger partial charge on any atom is 0.165 e. The Hall–Kier alpha value is -4.71. The fraction of sp³-hybridized carbons (Fsp3) is 0. The van der Waals surface area contributed by atoms with Gasteiger partial charge in [-0.05, 0) is 48.5 Å². The first-order valence-corrected chi connectivity index (χ1v) is 10.6. The SMILES string of the molecule is c1ccc(Oc2ccc(Nc3ccn4ncc(-c5cccc6cccnc56)c4n3)cc2)cc1. The second-order valence-electron chi connectivity index (χ2n) is 7.58. The molecule has 3 aromatic heterocycles. The van der Waals surface area contributed by atoms with Crippen LogP contribution in [0.1, 0.15) is 0 Å². The van der Waals surface area contributed by atoms with Crippen molar-refractivity contribution in [2.45, 2.75) is 0 Å². The van der Waals surface area contributed by atoms with Gasteiger partial charge in [-0.2, -0.15) is 5.10 Å². The number of nitrogens with zero attached hydrogens (tertiary/aromatic N) is 4. The molecule has 0 unspecified atom stereocenters. The number of hydrogen-bond donors (Lipinski definition) is 1. The molecule has 33 heavy (non-hydrogen) atoms. The van der Waals surface area contributed by atoms with Gasteiger partial charge < -0.3 is 10.1 Å². The predicted molar refractivity (Wildman–Crippen MR) is 130 cm³/mol. The van der Waals surface area contributed by atoms with Crippen molar-refractivity contribution in [2.75, 3.05) is 5.32 Å². The highest BCUT2D eigenvalue weighted by atomic mass is 16.5. The third-order valence-electron chi connectivity index (χ3n) is 5.40. The molecule has 0 radical (unpaired) electrons. The highest BCUT2D eigenvalue weighted by molar-refractivity contribution is 5.96. The Labute approximate surface area is 190 Å². The maximum absolute atomic E-state index is 5.87. The molecule has 0 saturated heterocycles. The zero-order valence-electron chi connectivity index (χ0n) is 17.6. The molecule has 1 N–H and O–H groups in total. The summed E-state index contributed by atoms with van der Waals surface area (Å²) in [4.78, 5) is 9.41. The van der Waals surface area contributed by atoms with Crippen LogP contribution in [0, 0.1) is 0 Å². The Morgan fingerprint density at radius 3 is 2.42 bits per heavy atom. The van der Waals surface area contributed by atoms with Gasteiger partial charge in [-0.3, -0.25) is 4.98 Å². The van der Waals surface area contributed by atoms with Crippen molar-refractivity contribution in [3.05, 3.63) is 110 Å². The van der Waals surface area contributed by atoms with Crippen LogP contribution in [0.15, 0.2) is 110 Å². The summed E-state index contributed by atoms with van der Waals surface area (Å²) in [6, 6.07) is 29.6. The van der Waals surface area contributed by atoms with Crippen molar-refractivity contribution in [1.29, 1.82) is 0 Å². The monoisotopic (exact) mass is 429 g/mol. The van der Waals surface area contributed by atoms with E-state index < -0.39 is 0 Å². The van der Waals surface area contributed by atoms with Gasteiger partial charge in [0, 0.05) is 34.6 Å². The van der Waals surface area contributed by atoms with Crippen LogP contribution < -0.4 is 10.1 Å². The second kappa shape index (κ2) is 8.09. The van der Waals surface area contributed by atoms with Gasteiger partial charge >= 0.3 is 0 Å². The highest BCUT2D eigenvalue weighted by Crippen LogP contribution is 2.30. The first-order chi connectivity index (χ1) is 16.3. The fourth-order valence-electron chi connectivity index (χ4n) is 3.83. The van der Waals surface area contributed by atoms with E-state index in [1.807, 2.05) is 91.4 Å². The summed E-state index contributed by atoms with van der Waals surface area (Å²) in [6.45, 7) is 0. The minimum atomic E-state index is 0.731. The smallest absolute Gasteiger partial charge is 0.165 e. The third kappa shape index (κ3) is 3.74. The number of nitrogens with one attached hydrogen (secondary N) is 1. The lowest BCUT2D eigenvalue weighted by atomic mass is 10.0. The molecule has 6 nitrogen and oxygen atoms in total. The number of anilines is 2. The van der Waals surface area contributed by atoms with Crippen LogP contribution >= 0.6 is 0 Å². The zero-order valence-corrected chi connectivity index (χ0v) is 17.6. The lowest BCUT2D eigenvalue weighted by Crippen LogP contribution is -1.97. The van der Waals surface area contributed by atoms with Gasteiger partial charge in [0.2, 0.25) is 0 Å². The van der Waals surface area contributed by atoms with Gasteiger partial charge in [0.05, 0.1) is 11.7 Å². The lowest BCUT2D eigenvalue weighted by molar-refractivity contribution is 0.483. The Morgan fingerprint density at radius 1 is 0.727 bits per heavy atom. The van der Waals surface area contributed by atoms with Crippen LogP contribution in [-0.4, -0.2) is 19.6 Å². The van der Waals surface area contributed by atoms with E-state index in [1.54, 1.807) is 4.52 Å². The van der Waals surface area contributed by atoms with Gasteiger partial charge in [-0.25, -0.2) is 9.50 Å². The summed E-state index contributed by atoms with van der Waals surface area (Å²) in [5, 5.41) is 8.94. The molecule has 6 heteroatoms. The molecule has 3 aromatic carbocycles. The van der Waals surface area contributed by atoms with Crippen LogP contribution in [-0.2, 0) is 0 Å². The van der Waals surface area contributed by atoms with Crippen molar-refractivity contribution in [2.24, 2.45) is 0 Å². The number of para-hydroxylation sites is 2. The molecule has 0 aliphatic rings. The molecule has 3 heterocycles. The number of benzene rings is 3. The lowest BCUT2D eigenvalue weighted by Gasteiger charge is -2.09. The summed E-state index contributed by atoms with van der Waals surface area (Å²) < 4.78 is 7.65. The number of pyridine rings is 1. The molecule has 0 atom stereocenters. The Bertz CT molecular complexity index is 1550. The molecule has 6 aromatic rings. The molecule has 0 bridgehead atoms. The summed E-state index contributed by atoms with van der Waals surface area (Å²) >= 11 is 0. The third-order valence-corrected chi connectivity index (χ3v) is 5.40. The highest BCUT2D eigenvalue weighted by Gasteiger charge is 2.12. The van der Waals surface area contributed by atoms with Crippen molar-refractivity contribution in [3.8, 4) is 22.6 Å². The largest absolute Gasteiger partial charge is 0.457 e. The Morgan fingerprint density at radius 2 is 1.55 bits per heavy atom. The van der Waals surface area contributed by atoms with Gasteiger partial charge in [0.15, 0.2) is 5.65 Å². The first-order valence-electron chi connectivity index (χ1n) is 10.6. The molecule has 158 valence electrons. The zero-order chi connectivity index (χ0) is 22.0. The van der Waals surface area contributed by atoms with Crippen LogP contribution in [0.4, 0.5) is 11.5 Å². The van der Waals surface area contributed by atoms with Crippen molar-refractivity contribution in [1.82, 2.24) is 19.6 Å². The summed E-state index contributed by atoms with van der Waals surface area (Å²) in [5.74, 6) is 2.31. The van der Waals surface area contributed by atoms with Crippen LogP contribution in [0.3, 0.4) is 0 Å². The van der Waals surface area contributed by atoms with Crippen molar-refractivity contribution < 1.29 is 4.74 Å². The van der Waals surface area contributed by atoms with Gasteiger partial charge in [-0.1, -0.05) is 42.5 Å². The van der Waals surface area contributed by atoms with E-state index in [0.717, 1.165) is 50.7 Å². The first kappa shape index (κ1) is 19.0. The number of ether oxygens (including phenoxy) is 1. The van der Waals surface area contributed by atoms with E-state index in [9.17, 15) is 0 Å². The molecule has 0 aliphatic carbocycles. The Balaban J connectivity index is 1.30. The van der Waals surface area contributed by atoms with Gasteiger partial charge in [0.1, 0.15) is 17.3 Å². The molecular weight excluding hydrogens is 410 g/mol. The van der Waals surface area contributed by atoms with Crippen molar-refractivity contribution >= 4 is 28.1 Å². The molecular formula is C27H19N5O. The fourth-order valence-corrected chi connectivity index (χ4v) is 3.83. The quantitative estimate of drug-likeness (QED) is 0.340. The van der Waals surface area contributed by atoms with E-state index in [0.29, 0.717) is 0 Å². The van der Waals surface area contributed by atoms with E-state index >= 15 is 0 Å². The molecule has 6 rings (SSSR count). The molecule has 0 saturated carbocycles. The minimum absolute atomic E-state index is 0.731. The van der Waals surface area contributed by atoms with E-state index in [4.69, 9.17) is 9.72 Å². The average molecular weight is 429 g/mol. The number of fused-ring (bicyclic) bond motifs is 2. The van der Waals surface area contributed by atoms with Crippen LogP contribution in [0.2, 0.25) is 0 Å². The van der Waals surface area contributed by atoms with Crippen LogP contribution in [0.5, 0.6) is 11.5 Å². The summed E-state index contributed by atoms with van der Waals surface area (Å²) in [6.07, 6.45) is 5.55. The van der Waals surface area contributed by atoms with Gasteiger partial charge in [0.25, 0.3) is 0 Å². The minimum Gasteiger partial charge on any atom is -0.457 e. The summed E-state index contributed by atoms with van der Waals surface area (Å²) in [5.41, 5.74) is 4.57. The maximum atomic E-state index is 5.87. The van der Waals surface area contributed by atoms with E-state index in [1.165, 1.54) is 0 Å². The normalized spacial score (nSPS) is 11.0. The second-order valence-corrected chi connectivity index (χ2v) is 7.58. The van der Waals surface area contributed by atoms with E-state index in [-0.39, 0.29) is 0 Å². The predicted octanol–water partition coefficient (Wildman–Crippen LogP) is 6.48. The molecule has 0 spiro atoms. The average Bonchev–Trinajstić information content (AvgIpc) is 3.29. The summed E-state index contributed by atoms with van der Waals surface area (Å²) in [7, 11) is 0. The van der Waals surface area contributed by atoms with E-state index in [2.05, 4.69) is 33.6 Å². The van der Waals surface area contributed by atoms with Crippen LogP contribution in [0.25, 0.3) is 27.7 Å². The number of rotatable bonds is 5. The topological polar surface area (TPSA) is 64.3 Å². The number of hydrogen-bond acceptors (Lipinski definition) is 5. The molecule has 0 fully saturated rings. The number of aromatic nitrogens is 4. The standard InChI is InChI=1S/C27H19N5O/c1-2-8-21(9-3-1)33-22-13-11-20(12-14-22)30-25-15-17-32-27(31-25)24(18-29-32)23-10-4-6-19-7-5-16-28-26(19)23/h1-18H,(H,30,31). The molecule has 0 aliphatic heterocycles. The molecule has 0 amide bonds. The van der Waals surface area contributed by atoms with Crippen molar-refractivity contribution in [3.63, 3.8) is 0 Å². The van der Waals surface area contributed by atoms with Gasteiger partial charge in [-0.15, -0.1) is 0 Å². The Kier molecular flexibility index (Phi) is 4.66.